The summed E-state index contributed by atoms with van der Waals surface area (Å²) in [6.45, 7) is 3.66. The van der Waals surface area contributed by atoms with Gasteiger partial charge in [0.15, 0.2) is 5.96 Å². The third-order valence-corrected chi connectivity index (χ3v) is 4.22. The number of aryl methyl sites for hydroxylation is 1. The summed E-state index contributed by atoms with van der Waals surface area (Å²) in [4.78, 5) is 8.67. The van der Waals surface area contributed by atoms with Gasteiger partial charge in [-0.3, -0.25) is 4.99 Å². The van der Waals surface area contributed by atoms with E-state index in [2.05, 4.69) is 32.1 Å². The molecule has 126 valence electrons. The van der Waals surface area contributed by atoms with E-state index in [4.69, 9.17) is 11.6 Å². The highest BCUT2D eigenvalue weighted by Crippen LogP contribution is 2.10. The van der Waals surface area contributed by atoms with Gasteiger partial charge in [0.2, 0.25) is 0 Å². The quantitative estimate of drug-likeness (QED) is 0.390. The second-order valence-corrected chi connectivity index (χ2v) is 6.41. The summed E-state index contributed by atoms with van der Waals surface area (Å²) in [5.41, 5.74) is 2.35. The van der Waals surface area contributed by atoms with Crippen LogP contribution in [-0.2, 0) is 12.8 Å². The van der Waals surface area contributed by atoms with Crippen molar-refractivity contribution in [2.45, 2.75) is 19.8 Å². The van der Waals surface area contributed by atoms with Crippen molar-refractivity contribution in [2.24, 2.45) is 4.99 Å². The number of rotatable bonds is 6. The van der Waals surface area contributed by atoms with Crippen LogP contribution in [0, 0.1) is 6.92 Å². The van der Waals surface area contributed by atoms with E-state index >= 15 is 0 Å². The molecule has 1 aromatic carbocycles. The van der Waals surface area contributed by atoms with E-state index < -0.39 is 0 Å². The molecule has 2 N–H and O–H groups in total. The van der Waals surface area contributed by atoms with Crippen molar-refractivity contribution in [3.05, 3.63) is 50.9 Å². The molecule has 0 unspecified atom stereocenters. The fourth-order valence-electron chi connectivity index (χ4n) is 2.07. The first kappa shape index (κ1) is 20.2. The van der Waals surface area contributed by atoms with Gasteiger partial charge >= 0.3 is 0 Å². The molecule has 0 aliphatic heterocycles. The zero-order valence-electron chi connectivity index (χ0n) is 13.3. The van der Waals surface area contributed by atoms with Crippen LogP contribution < -0.4 is 10.6 Å². The number of hydrogen-bond donors (Lipinski definition) is 2. The Morgan fingerprint density at radius 3 is 2.61 bits per heavy atom. The minimum atomic E-state index is 0. The van der Waals surface area contributed by atoms with Crippen molar-refractivity contribution in [3.8, 4) is 0 Å². The highest BCUT2D eigenvalue weighted by molar-refractivity contribution is 14.0. The van der Waals surface area contributed by atoms with E-state index in [0.717, 1.165) is 47.6 Å². The Morgan fingerprint density at radius 1 is 1.26 bits per heavy atom. The predicted molar refractivity (Wildman–Crippen MR) is 110 cm³/mol. The van der Waals surface area contributed by atoms with E-state index in [0.29, 0.717) is 0 Å². The Morgan fingerprint density at radius 2 is 2.00 bits per heavy atom. The van der Waals surface area contributed by atoms with Gasteiger partial charge in [0, 0.05) is 37.0 Å². The first-order chi connectivity index (χ1) is 10.7. The highest BCUT2D eigenvalue weighted by atomic mass is 127. The maximum absolute atomic E-state index is 5.98. The first-order valence-corrected chi connectivity index (χ1v) is 8.53. The Kier molecular flexibility index (Phi) is 9.50. The van der Waals surface area contributed by atoms with Crippen LogP contribution in [0.2, 0.25) is 5.02 Å². The van der Waals surface area contributed by atoms with E-state index in [9.17, 15) is 0 Å². The number of aliphatic imine (C=N–C) groups is 1. The normalized spacial score (nSPS) is 11.0. The predicted octanol–water partition coefficient (Wildman–Crippen LogP) is 3.67. The van der Waals surface area contributed by atoms with Crippen LogP contribution in [0.4, 0.5) is 0 Å². The molecule has 0 amide bonds. The Balaban J connectivity index is 0.00000264. The topological polar surface area (TPSA) is 49.3 Å². The third-order valence-electron chi connectivity index (χ3n) is 3.16. The largest absolute Gasteiger partial charge is 0.356 e. The average molecular weight is 465 g/mol. The fraction of sp³-hybridized carbons (Fsp3) is 0.375. The summed E-state index contributed by atoms with van der Waals surface area (Å²) >= 11 is 7.67. The van der Waals surface area contributed by atoms with Gasteiger partial charge in [-0.15, -0.1) is 35.3 Å². The summed E-state index contributed by atoms with van der Waals surface area (Å²) in [6.07, 6.45) is 1.81. The minimum absolute atomic E-state index is 0. The molecule has 4 nitrogen and oxygen atoms in total. The SMILES string of the molecule is CN=C(NCCc1cccc(Cl)c1)NCCc1csc(C)n1.I. The van der Waals surface area contributed by atoms with Gasteiger partial charge in [-0.05, 0) is 31.0 Å². The van der Waals surface area contributed by atoms with Crippen molar-refractivity contribution in [1.82, 2.24) is 15.6 Å². The molecule has 2 aromatic rings. The maximum Gasteiger partial charge on any atom is 0.190 e. The summed E-state index contributed by atoms with van der Waals surface area (Å²) in [5.74, 6) is 0.814. The molecular weight excluding hydrogens is 443 g/mol. The van der Waals surface area contributed by atoms with Crippen LogP contribution in [0.25, 0.3) is 0 Å². The van der Waals surface area contributed by atoms with Crippen molar-refractivity contribution in [2.75, 3.05) is 20.1 Å². The van der Waals surface area contributed by atoms with Crippen molar-refractivity contribution < 1.29 is 0 Å². The van der Waals surface area contributed by atoms with Gasteiger partial charge in [-0.2, -0.15) is 0 Å². The Bertz CT molecular complexity index is 630. The van der Waals surface area contributed by atoms with Crippen LogP contribution in [0.5, 0.6) is 0 Å². The molecule has 0 radical (unpaired) electrons. The number of hydrogen-bond acceptors (Lipinski definition) is 3. The number of guanidine groups is 1. The van der Waals surface area contributed by atoms with Crippen LogP contribution >= 0.6 is 46.9 Å². The zero-order chi connectivity index (χ0) is 15.8. The maximum atomic E-state index is 5.98. The van der Waals surface area contributed by atoms with Gasteiger partial charge < -0.3 is 10.6 Å². The fourth-order valence-corrected chi connectivity index (χ4v) is 2.93. The molecule has 1 aromatic heterocycles. The second-order valence-electron chi connectivity index (χ2n) is 4.91. The smallest absolute Gasteiger partial charge is 0.190 e. The molecule has 0 aliphatic carbocycles. The second kappa shape index (κ2) is 10.8. The molecule has 0 atom stereocenters. The average Bonchev–Trinajstić information content (AvgIpc) is 2.91. The lowest BCUT2D eigenvalue weighted by Crippen LogP contribution is -2.39. The molecule has 0 bridgehead atoms. The van der Waals surface area contributed by atoms with E-state index in [-0.39, 0.29) is 24.0 Å². The summed E-state index contributed by atoms with van der Waals surface area (Å²) in [7, 11) is 1.78. The first-order valence-electron chi connectivity index (χ1n) is 7.27. The number of benzene rings is 1. The van der Waals surface area contributed by atoms with Crippen LogP contribution in [0.3, 0.4) is 0 Å². The van der Waals surface area contributed by atoms with Crippen molar-refractivity contribution in [1.29, 1.82) is 0 Å². The lowest BCUT2D eigenvalue weighted by atomic mass is 10.1. The molecule has 0 spiro atoms. The number of nitrogens with zero attached hydrogens (tertiary/aromatic N) is 2. The minimum Gasteiger partial charge on any atom is -0.356 e. The van der Waals surface area contributed by atoms with E-state index in [1.165, 1.54) is 5.56 Å². The summed E-state index contributed by atoms with van der Waals surface area (Å²) < 4.78 is 0. The van der Waals surface area contributed by atoms with Crippen LogP contribution in [-0.4, -0.2) is 31.1 Å². The third kappa shape index (κ3) is 7.50. The van der Waals surface area contributed by atoms with Crippen LogP contribution in [0.15, 0.2) is 34.6 Å². The van der Waals surface area contributed by atoms with Gasteiger partial charge in [-0.1, -0.05) is 23.7 Å². The molecular formula is C16H22ClIN4S. The van der Waals surface area contributed by atoms with Gasteiger partial charge in [-0.25, -0.2) is 4.98 Å². The van der Waals surface area contributed by atoms with Gasteiger partial charge in [0.25, 0.3) is 0 Å². The van der Waals surface area contributed by atoms with Crippen LogP contribution in [0.1, 0.15) is 16.3 Å². The Hall–Kier alpha value is -0.860. The standard InChI is InChI=1S/C16H21ClN4S.HI/c1-12-21-15(11-22-12)7-9-20-16(18-2)19-8-6-13-4-3-5-14(17)10-13;/h3-5,10-11H,6-9H2,1-2H3,(H2,18,19,20);1H. The molecule has 0 saturated heterocycles. The molecule has 1 heterocycles. The molecule has 23 heavy (non-hydrogen) atoms. The molecule has 2 rings (SSSR count). The number of aromatic nitrogens is 1. The lowest BCUT2D eigenvalue weighted by Gasteiger charge is -2.11. The number of nitrogens with one attached hydrogen (secondary N) is 2. The monoisotopic (exact) mass is 464 g/mol. The van der Waals surface area contributed by atoms with E-state index in [1.807, 2.05) is 25.1 Å². The van der Waals surface area contributed by atoms with Crippen molar-refractivity contribution >= 4 is 52.9 Å². The molecule has 0 fully saturated rings. The molecule has 7 heteroatoms. The van der Waals surface area contributed by atoms with Crippen molar-refractivity contribution in [3.63, 3.8) is 0 Å². The van der Waals surface area contributed by atoms with Gasteiger partial charge in [0.05, 0.1) is 10.7 Å². The molecule has 0 saturated carbocycles. The molecule has 0 aliphatic rings. The Labute approximate surface area is 163 Å². The number of thiazole rings is 1. The highest BCUT2D eigenvalue weighted by Gasteiger charge is 2.01. The summed E-state index contributed by atoms with van der Waals surface area (Å²) in [5, 5.41) is 10.6. The lowest BCUT2D eigenvalue weighted by molar-refractivity contribution is 0.777. The zero-order valence-corrected chi connectivity index (χ0v) is 17.2. The van der Waals surface area contributed by atoms with Gasteiger partial charge in [0.1, 0.15) is 0 Å². The van der Waals surface area contributed by atoms with E-state index in [1.54, 1.807) is 18.4 Å². The summed E-state index contributed by atoms with van der Waals surface area (Å²) in [6, 6.07) is 7.93. The number of halogens is 2.